The molecule has 0 spiro atoms. The van der Waals surface area contributed by atoms with Crippen LogP contribution in [0.4, 0.5) is 0 Å². The molecule has 0 amide bonds. The van der Waals surface area contributed by atoms with Gasteiger partial charge in [-0.15, -0.1) is 0 Å². The van der Waals surface area contributed by atoms with E-state index < -0.39 is 0 Å². The average Bonchev–Trinajstić information content (AvgIpc) is 3.25. The molecule has 35 heavy (non-hydrogen) atoms. The first-order valence-electron chi connectivity index (χ1n) is 13.6. The van der Waals surface area contributed by atoms with Crippen LogP contribution in [-0.4, -0.2) is 43.4 Å². The maximum atomic E-state index is 9.75. The molecular formula is C30H50O5. The summed E-state index contributed by atoms with van der Waals surface area (Å²) in [6.07, 6.45) is 10.7. The van der Waals surface area contributed by atoms with E-state index in [4.69, 9.17) is 18.9 Å². The summed E-state index contributed by atoms with van der Waals surface area (Å²) < 4.78 is 23.0. The van der Waals surface area contributed by atoms with Crippen molar-refractivity contribution in [1.82, 2.24) is 0 Å². The summed E-state index contributed by atoms with van der Waals surface area (Å²) in [5.41, 5.74) is 2.43. The summed E-state index contributed by atoms with van der Waals surface area (Å²) in [4.78, 5) is 0. The fourth-order valence-electron chi connectivity index (χ4n) is 4.37. The predicted molar refractivity (Wildman–Crippen MR) is 143 cm³/mol. The van der Waals surface area contributed by atoms with E-state index in [2.05, 4.69) is 47.6 Å². The van der Waals surface area contributed by atoms with Gasteiger partial charge in [0.25, 0.3) is 0 Å². The van der Waals surface area contributed by atoms with Crippen LogP contribution in [0.15, 0.2) is 29.8 Å². The summed E-state index contributed by atoms with van der Waals surface area (Å²) in [6.45, 7) is 15.2. The van der Waals surface area contributed by atoms with Crippen molar-refractivity contribution in [3.8, 4) is 11.5 Å². The maximum Gasteiger partial charge on any atom is 0.231 e. The lowest BCUT2D eigenvalue weighted by atomic mass is 9.95. The van der Waals surface area contributed by atoms with Crippen LogP contribution in [0, 0.1) is 11.8 Å². The van der Waals surface area contributed by atoms with Crippen molar-refractivity contribution in [2.45, 2.75) is 105 Å². The molecule has 0 aromatic heterocycles. The molecule has 3 unspecified atom stereocenters. The number of hydrogen-bond acceptors (Lipinski definition) is 5. The molecule has 3 atom stereocenters. The summed E-state index contributed by atoms with van der Waals surface area (Å²) in [5.74, 6) is 2.84. The van der Waals surface area contributed by atoms with Gasteiger partial charge in [-0.1, -0.05) is 44.4 Å². The summed E-state index contributed by atoms with van der Waals surface area (Å²) in [7, 11) is 0. The first-order chi connectivity index (χ1) is 16.7. The number of aliphatic hydroxyl groups excluding tert-OH is 1. The molecule has 0 bridgehead atoms. The SMILES string of the molecule is CC(C)=CCCC(C)CCOC(C)(C)CCCC(C)CCOC(CO)Cc1ccc2c(c1)OCO2. The zero-order valence-corrected chi connectivity index (χ0v) is 23.1. The van der Waals surface area contributed by atoms with Crippen LogP contribution in [0.3, 0.4) is 0 Å². The van der Waals surface area contributed by atoms with Gasteiger partial charge in [-0.25, -0.2) is 0 Å². The van der Waals surface area contributed by atoms with Gasteiger partial charge in [0, 0.05) is 19.6 Å². The molecule has 2 rings (SSSR count). The lowest BCUT2D eigenvalue weighted by molar-refractivity contribution is -0.0309. The lowest BCUT2D eigenvalue weighted by Gasteiger charge is -2.27. The summed E-state index contributed by atoms with van der Waals surface area (Å²) in [6, 6.07) is 5.91. The Hall–Kier alpha value is -1.56. The normalized spacial score (nSPS) is 15.6. The third-order valence-electron chi connectivity index (χ3n) is 6.86. The molecule has 1 aromatic rings. The fourth-order valence-corrected chi connectivity index (χ4v) is 4.37. The number of aliphatic hydroxyl groups is 1. The molecular weight excluding hydrogens is 440 g/mol. The van der Waals surface area contributed by atoms with Gasteiger partial charge in [0.05, 0.1) is 18.3 Å². The molecule has 5 nitrogen and oxygen atoms in total. The standard InChI is InChI=1S/C30H50O5/c1-23(2)9-7-10-24(3)15-18-35-30(5,6)16-8-11-25(4)14-17-32-27(21-31)19-26-12-13-28-29(20-26)34-22-33-28/h9,12-13,20,24-25,27,31H,7-8,10-11,14-19,21-22H2,1-6H3. The highest BCUT2D eigenvalue weighted by Gasteiger charge is 2.19. The summed E-state index contributed by atoms with van der Waals surface area (Å²) in [5, 5.41) is 9.75. The van der Waals surface area contributed by atoms with Crippen molar-refractivity contribution in [1.29, 1.82) is 0 Å². The van der Waals surface area contributed by atoms with E-state index in [9.17, 15) is 5.11 Å². The number of ether oxygens (including phenoxy) is 4. The van der Waals surface area contributed by atoms with Gasteiger partial charge in [0.2, 0.25) is 6.79 Å². The number of rotatable bonds is 18. The van der Waals surface area contributed by atoms with Crippen LogP contribution in [0.5, 0.6) is 11.5 Å². The molecule has 0 saturated heterocycles. The smallest absolute Gasteiger partial charge is 0.231 e. The van der Waals surface area contributed by atoms with Crippen LogP contribution in [0.25, 0.3) is 0 Å². The third kappa shape index (κ3) is 12.3. The van der Waals surface area contributed by atoms with E-state index in [0.717, 1.165) is 49.4 Å². The van der Waals surface area contributed by atoms with Crippen LogP contribution in [0.2, 0.25) is 0 Å². The Labute approximate surface area is 214 Å². The van der Waals surface area contributed by atoms with Crippen molar-refractivity contribution >= 4 is 0 Å². The molecule has 1 aliphatic rings. The zero-order chi connectivity index (χ0) is 25.7. The Bertz CT molecular complexity index is 753. The van der Waals surface area contributed by atoms with E-state index in [1.165, 1.54) is 24.8 Å². The number of hydrogen-bond donors (Lipinski definition) is 1. The molecule has 200 valence electrons. The molecule has 0 radical (unpaired) electrons. The van der Waals surface area contributed by atoms with Gasteiger partial charge in [0.1, 0.15) is 0 Å². The average molecular weight is 491 g/mol. The van der Waals surface area contributed by atoms with E-state index in [0.29, 0.717) is 24.9 Å². The van der Waals surface area contributed by atoms with E-state index in [-0.39, 0.29) is 25.1 Å². The zero-order valence-electron chi connectivity index (χ0n) is 23.1. The molecule has 1 aromatic carbocycles. The van der Waals surface area contributed by atoms with Crippen molar-refractivity contribution in [3.63, 3.8) is 0 Å². The van der Waals surface area contributed by atoms with Crippen LogP contribution in [-0.2, 0) is 15.9 Å². The van der Waals surface area contributed by atoms with Crippen molar-refractivity contribution in [2.24, 2.45) is 11.8 Å². The topological polar surface area (TPSA) is 57.2 Å². The van der Waals surface area contributed by atoms with Gasteiger partial charge in [-0.3, -0.25) is 0 Å². The molecule has 1 N–H and O–H groups in total. The highest BCUT2D eigenvalue weighted by atomic mass is 16.7. The highest BCUT2D eigenvalue weighted by molar-refractivity contribution is 5.44. The Morgan fingerprint density at radius 1 is 1.03 bits per heavy atom. The minimum atomic E-state index is -0.195. The predicted octanol–water partition coefficient (Wildman–Crippen LogP) is 7.10. The molecule has 1 aliphatic heterocycles. The first-order valence-corrected chi connectivity index (χ1v) is 13.6. The maximum absolute atomic E-state index is 9.75. The second kappa shape index (κ2) is 15.5. The third-order valence-corrected chi connectivity index (χ3v) is 6.86. The highest BCUT2D eigenvalue weighted by Crippen LogP contribution is 2.33. The number of benzene rings is 1. The van der Waals surface area contributed by atoms with Crippen molar-refractivity contribution in [2.75, 3.05) is 26.6 Å². The molecule has 0 saturated carbocycles. The lowest BCUT2D eigenvalue weighted by Crippen LogP contribution is -2.25. The quantitative estimate of drug-likeness (QED) is 0.222. The first kappa shape index (κ1) is 29.7. The van der Waals surface area contributed by atoms with Gasteiger partial charge in [0.15, 0.2) is 11.5 Å². The number of allylic oxidation sites excluding steroid dienone is 2. The Balaban J connectivity index is 1.56. The van der Waals surface area contributed by atoms with Gasteiger partial charge >= 0.3 is 0 Å². The molecule has 1 heterocycles. The van der Waals surface area contributed by atoms with E-state index in [1.54, 1.807) is 0 Å². The van der Waals surface area contributed by atoms with Crippen molar-refractivity contribution in [3.05, 3.63) is 35.4 Å². The number of fused-ring (bicyclic) bond motifs is 1. The van der Waals surface area contributed by atoms with Gasteiger partial charge in [-0.05, 0) is 89.3 Å². The second-order valence-corrected chi connectivity index (χ2v) is 11.2. The van der Waals surface area contributed by atoms with E-state index in [1.807, 2.05) is 18.2 Å². The Morgan fingerprint density at radius 2 is 1.74 bits per heavy atom. The van der Waals surface area contributed by atoms with Crippen molar-refractivity contribution < 1.29 is 24.1 Å². The molecule has 5 heteroatoms. The Morgan fingerprint density at radius 3 is 2.49 bits per heavy atom. The Kier molecular flexibility index (Phi) is 13.2. The second-order valence-electron chi connectivity index (χ2n) is 11.2. The molecule has 0 aliphatic carbocycles. The monoisotopic (exact) mass is 490 g/mol. The van der Waals surface area contributed by atoms with Crippen LogP contribution in [0.1, 0.15) is 92.1 Å². The summed E-state index contributed by atoms with van der Waals surface area (Å²) >= 11 is 0. The van der Waals surface area contributed by atoms with Gasteiger partial charge < -0.3 is 24.1 Å². The van der Waals surface area contributed by atoms with Crippen LogP contribution >= 0.6 is 0 Å². The molecule has 0 fully saturated rings. The van der Waals surface area contributed by atoms with E-state index >= 15 is 0 Å². The minimum absolute atomic E-state index is 0.0158. The fraction of sp³-hybridized carbons (Fsp3) is 0.733. The minimum Gasteiger partial charge on any atom is -0.454 e. The van der Waals surface area contributed by atoms with Crippen LogP contribution < -0.4 is 9.47 Å². The largest absolute Gasteiger partial charge is 0.454 e. The van der Waals surface area contributed by atoms with Gasteiger partial charge in [-0.2, -0.15) is 0 Å².